The second-order valence-corrected chi connectivity index (χ2v) is 4.42. The molecule has 0 bridgehead atoms. The van der Waals surface area contributed by atoms with Crippen molar-refractivity contribution in [3.8, 4) is 5.69 Å². The zero-order chi connectivity index (χ0) is 14.2. The van der Waals surface area contributed by atoms with Gasteiger partial charge in [0.15, 0.2) is 5.69 Å². The maximum Gasteiger partial charge on any atom is 0.358 e. The van der Waals surface area contributed by atoms with Crippen LogP contribution in [0.1, 0.15) is 28.7 Å². The number of hydrogen-bond acceptors (Lipinski definition) is 3. The van der Waals surface area contributed by atoms with Gasteiger partial charge >= 0.3 is 5.97 Å². The van der Waals surface area contributed by atoms with E-state index >= 15 is 0 Å². The van der Waals surface area contributed by atoms with Gasteiger partial charge in [-0.25, -0.2) is 13.9 Å². The third kappa shape index (κ3) is 2.31. The van der Waals surface area contributed by atoms with Crippen LogP contribution < -0.4 is 0 Å². The third-order valence-corrected chi connectivity index (χ3v) is 3.06. The highest BCUT2D eigenvalue weighted by Gasteiger charge is 2.20. The van der Waals surface area contributed by atoms with Gasteiger partial charge in [0, 0.05) is 0 Å². The maximum atomic E-state index is 13.4. The summed E-state index contributed by atoms with van der Waals surface area (Å²) in [4.78, 5) is 11.0. The molecule has 0 aliphatic carbocycles. The number of rotatable bonds is 3. The quantitative estimate of drug-likeness (QED) is 0.940. The number of carboxylic acids is 1. The maximum absolute atomic E-state index is 13.4. The summed E-state index contributed by atoms with van der Waals surface area (Å²) in [5, 5.41) is 16.6. The Balaban J connectivity index is 2.66. The minimum atomic E-state index is -1.15. The van der Waals surface area contributed by atoms with Gasteiger partial charge in [0.1, 0.15) is 5.82 Å². The predicted octanol–water partition coefficient (Wildman–Crippen LogP) is 2.63. The summed E-state index contributed by atoms with van der Waals surface area (Å²) < 4.78 is 14.7. The summed E-state index contributed by atoms with van der Waals surface area (Å²) in [5.74, 6) is -1.58. The molecule has 0 amide bonds. The molecular weight excluding hydrogens is 273 g/mol. The Labute approximate surface area is 113 Å². The Morgan fingerprint density at radius 1 is 1.53 bits per heavy atom. The van der Waals surface area contributed by atoms with Crippen molar-refractivity contribution in [2.75, 3.05) is 0 Å². The molecule has 2 rings (SSSR count). The lowest BCUT2D eigenvalue weighted by Crippen LogP contribution is -2.07. The van der Waals surface area contributed by atoms with Crippen LogP contribution in [0.15, 0.2) is 12.1 Å². The number of carboxylic acid groups (broad SMARTS) is 1. The normalized spacial score (nSPS) is 10.7. The van der Waals surface area contributed by atoms with Crippen molar-refractivity contribution >= 4 is 17.6 Å². The fraction of sp³-hybridized carbons (Fsp3) is 0.250. The first-order valence-electron chi connectivity index (χ1n) is 5.59. The fourth-order valence-corrected chi connectivity index (χ4v) is 2.01. The van der Waals surface area contributed by atoms with E-state index in [0.29, 0.717) is 23.4 Å². The molecule has 0 aliphatic rings. The van der Waals surface area contributed by atoms with Gasteiger partial charge in [-0.05, 0) is 31.0 Å². The summed E-state index contributed by atoms with van der Waals surface area (Å²) >= 11 is 5.98. The van der Waals surface area contributed by atoms with E-state index in [9.17, 15) is 9.18 Å². The van der Waals surface area contributed by atoms with Crippen LogP contribution in [0.4, 0.5) is 4.39 Å². The van der Waals surface area contributed by atoms with Crippen molar-refractivity contribution in [1.29, 1.82) is 0 Å². The smallest absolute Gasteiger partial charge is 0.358 e. The van der Waals surface area contributed by atoms with Crippen LogP contribution >= 0.6 is 11.6 Å². The molecule has 0 radical (unpaired) electrons. The highest BCUT2D eigenvalue weighted by molar-refractivity contribution is 6.32. The molecule has 0 aliphatic heterocycles. The largest absolute Gasteiger partial charge is 0.476 e. The lowest BCUT2D eigenvalue weighted by molar-refractivity contribution is 0.0689. The van der Waals surface area contributed by atoms with Gasteiger partial charge in [-0.15, -0.1) is 5.10 Å². The van der Waals surface area contributed by atoms with Crippen LogP contribution in [0.2, 0.25) is 5.02 Å². The Kier molecular flexibility index (Phi) is 3.53. The predicted molar refractivity (Wildman–Crippen MR) is 67.4 cm³/mol. The SMILES string of the molecule is CCc1c(C(=O)O)nnn1-c1cc(C)c(F)cc1Cl. The second-order valence-electron chi connectivity index (χ2n) is 4.01. The zero-order valence-corrected chi connectivity index (χ0v) is 11.1. The number of benzene rings is 1. The molecule has 5 nitrogen and oxygen atoms in total. The number of nitrogens with zero attached hydrogens (tertiary/aromatic N) is 3. The Morgan fingerprint density at radius 2 is 2.21 bits per heavy atom. The second kappa shape index (κ2) is 4.97. The first-order valence-corrected chi connectivity index (χ1v) is 5.97. The van der Waals surface area contributed by atoms with Gasteiger partial charge in [-0.3, -0.25) is 0 Å². The Bertz CT molecular complexity index is 655. The van der Waals surface area contributed by atoms with Crippen LogP contribution in [0.5, 0.6) is 0 Å². The lowest BCUT2D eigenvalue weighted by atomic mass is 10.2. The topological polar surface area (TPSA) is 68.0 Å². The van der Waals surface area contributed by atoms with Crippen LogP contribution in [0.3, 0.4) is 0 Å². The van der Waals surface area contributed by atoms with Crippen molar-refractivity contribution in [3.05, 3.63) is 39.9 Å². The van der Waals surface area contributed by atoms with Gasteiger partial charge in [0.25, 0.3) is 0 Å². The number of carbonyl (C=O) groups is 1. The molecule has 0 fully saturated rings. The summed E-state index contributed by atoms with van der Waals surface area (Å²) in [6.07, 6.45) is 0.418. The van der Waals surface area contributed by atoms with E-state index in [1.165, 1.54) is 16.8 Å². The van der Waals surface area contributed by atoms with Crippen LogP contribution in [-0.4, -0.2) is 26.1 Å². The number of hydrogen-bond donors (Lipinski definition) is 1. The highest BCUT2D eigenvalue weighted by atomic mass is 35.5. The van der Waals surface area contributed by atoms with E-state index in [4.69, 9.17) is 16.7 Å². The van der Waals surface area contributed by atoms with E-state index < -0.39 is 11.8 Å². The summed E-state index contributed by atoms with van der Waals surface area (Å²) in [6.45, 7) is 3.38. The summed E-state index contributed by atoms with van der Waals surface area (Å²) in [6, 6.07) is 2.69. The Hall–Kier alpha value is -1.95. The molecular formula is C12H11ClFN3O2. The van der Waals surface area contributed by atoms with Crippen molar-refractivity contribution in [3.63, 3.8) is 0 Å². The van der Waals surface area contributed by atoms with Gasteiger partial charge < -0.3 is 5.11 Å². The molecule has 0 saturated carbocycles. The van der Waals surface area contributed by atoms with Crippen LogP contribution in [-0.2, 0) is 6.42 Å². The molecule has 0 unspecified atom stereocenters. The minimum absolute atomic E-state index is 0.124. The van der Waals surface area contributed by atoms with Crippen molar-refractivity contribution < 1.29 is 14.3 Å². The molecule has 1 aromatic heterocycles. The average Bonchev–Trinajstić information content (AvgIpc) is 2.77. The van der Waals surface area contributed by atoms with Crippen molar-refractivity contribution in [2.45, 2.75) is 20.3 Å². The first kappa shape index (κ1) is 13.5. The Morgan fingerprint density at radius 3 is 2.79 bits per heavy atom. The third-order valence-electron chi connectivity index (χ3n) is 2.76. The van der Waals surface area contributed by atoms with E-state index in [1.54, 1.807) is 13.8 Å². The molecule has 100 valence electrons. The average molecular weight is 284 g/mol. The number of aromatic carboxylic acids is 1. The summed E-state index contributed by atoms with van der Waals surface area (Å²) in [5.41, 5.74) is 1.10. The molecule has 1 heterocycles. The number of aromatic nitrogens is 3. The highest BCUT2D eigenvalue weighted by Crippen LogP contribution is 2.25. The zero-order valence-electron chi connectivity index (χ0n) is 10.3. The van der Waals surface area contributed by atoms with Crippen LogP contribution in [0.25, 0.3) is 5.69 Å². The molecule has 0 spiro atoms. The first-order chi connectivity index (χ1) is 8.95. The molecule has 19 heavy (non-hydrogen) atoms. The van der Waals surface area contributed by atoms with Crippen molar-refractivity contribution in [2.24, 2.45) is 0 Å². The standard InChI is InChI=1S/C12H11ClFN3O2/c1-3-9-11(12(18)19)15-16-17(9)10-4-6(2)8(14)5-7(10)13/h4-5H,3H2,1-2H3,(H,18,19). The summed E-state index contributed by atoms with van der Waals surface area (Å²) in [7, 11) is 0. The number of aryl methyl sites for hydroxylation is 1. The van der Waals surface area contributed by atoms with Gasteiger partial charge in [0.2, 0.25) is 0 Å². The van der Waals surface area contributed by atoms with E-state index in [2.05, 4.69) is 10.3 Å². The van der Waals surface area contributed by atoms with E-state index in [-0.39, 0.29) is 10.7 Å². The molecule has 0 saturated heterocycles. The monoisotopic (exact) mass is 283 g/mol. The van der Waals surface area contributed by atoms with Gasteiger partial charge in [0.05, 0.1) is 16.4 Å². The van der Waals surface area contributed by atoms with E-state index in [0.717, 1.165) is 0 Å². The molecule has 1 aromatic carbocycles. The molecule has 1 N–H and O–H groups in total. The van der Waals surface area contributed by atoms with E-state index in [1.807, 2.05) is 0 Å². The lowest BCUT2D eigenvalue weighted by Gasteiger charge is -2.09. The minimum Gasteiger partial charge on any atom is -0.476 e. The molecule has 2 aromatic rings. The van der Waals surface area contributed by atoms with Crippen molar-refractivity contribution in [1.82, 2.24) is 15.0 Å². The molecule has 0 atom stereocenters. The number of halogens is 2. The fourth-order valence-electron chi connectivity index (χ4n) is 1.78. The molecule has 7 heteroatoms. The van der Waals surface area contributed by atoms with Crippen LogP contribution in [0, 0.1) is 12.7 Å². The van der Waals surface area contributed by atoms with Gasteiger partial charge in [-0.2, -0.15) is 0 Å². The van der Waals surface area contributed by atoms with Gasteiger partial charge in [-0.1, -0.05) is 23.7 Å².